The van der Waals surface area contributed by atoms with Gasteiger partial charge in [-0.3, -0.25) is 0 Å². The molecule has 1 unspecified atom stereocenters. The molecule has 0 aliphatic carbocycles. The first-order chi connectivity index (χ1) is 12.5. The van der Waals surface area contributed by atoms with Crippen molar-refractivity contribution in [1.82, 2.24) is 4.98 Å². The minimum atomic E-state index is -0.278. The summed E-state index contributed by atoms with van der Waals surface area (Å²) >= 11 is 0. The van der Waals surface area contributed by atoms with Crippen LogP contribution < -0.4 is 4.74 Å². The van der Waals surface area contributed by atoms with Gasteiger partial charge < -0.3 is 9.53 Å². The van der Waals surface area contributed by atoms with Crippen molar-refractivity contribution in [2.75, 3.05) is 7.11 Å². The number of nitrogens with zero attached hydrogens (tertiary/aromatic N) is 1. The largest absolute Gasteiger partial charge is 0.481 e. The van der Waals surface area contributed by atoms with Gasteiger partial charge in [-0.2, -0.15) is 0 Å². The Bertz CT molecular complexity index is 966. The molecule has 3 aromatic rings. The molecule has 26 heavy (non-hydrogen) atoms. The summed E-state index contributed by atoms with van der Waals surface area (Å²) in [5.41, 5.74) is 3.25. The Morgan fingerprint density at radius 3 is 2.58 bits per heavy atom. The smallest absolute Gasteiger partial charge is 0.217 e. The highest BCUT2D eigenvalue weighted by Crippen LogP contribution is 2.35. The van der Waals surface area contributed by atoms with Crippen LogP contribution in [0.1, 0.15) is 30.9 Å². The standard InChI is InChI=1S/C22H22FNO2/c1-13(2)19(12-25)18-10-14(3)21(24-22(18)26-4)16-9-8-15-6-5-7-20(23)17(15)11-16/h5-13,19H,1-4H3. The zero-order valence-corrected chi connectivity index (χ0v) is 15.4. The van der Waals surface area contributed by atoms with Gasteiger partial charge in [0.15, 0.2) is 0 Å². The van der Waals surface area contributed by atoms with Crippen LogP contribution in [0.3, 0.4) is 0 Å². The van der Waals surface area contributed by atoms with E-state index >= 15 is 0 Å². The number of rotatable bonds is 5. The van der Waals surface area contributed by atoms with Crippen molar-refractivity contribution < 1.29 is 13.9 Å². The summed E-state index contributed by atoms with van der Waals surface area (Å²) < 4.78 is 19.6. The molecule has 1 atom stereocenters. The molecule has 4 heteroatoms. The Balaban J connectivity index is 2.17. The number of benzene rings is 2. The maximum absolute atomic E-state index is 14.1. The van der Waals surface area contributed by atoms with E-state index in [0.717, 1.165) is 34.1 Å². The van der Waals surface area contributed by atoms with Crippen molar-refractivity contribution in [3.05, 3.63) is 59.4 Å². The van der Waals surface area contributed by atoms with Gasteiger partial charge in [-0.05, 0) is 42.0 Å². The van der Waals surface area contributed by atoms with Crippen LogP contribution in [0.15, 0.2) is 42.5 Å². The molecule has 3 nitrogen and oxygen atoms in total. The fourth-order valence-corrected chi connectivity index (χ4v) is 3.28. The first-order valence-electron chi connectivity index (χ1n) is 8.65. The van der Waals surface area contributed by atoms with Gasteiger partial charge in [-0.1, -0.05) is 38.1 Å². The third kappa shape index (κ3) is 3.19. The van der Waals surface area contributed by atoms with Crippen LogP contribution in [0.25, 0.3) is 22.0 Å². The zero-order valence-electron chi connectivity index (χ0n) is 15.4. The summed E-state index contributed by atoms with van der Waals surface area (Å²) in [6.07, 6.45) is 0.939. The van der Waals surface area contributed by atoms with Crippen LogP contribution in [0.4, 0.5) is 4.39 Å². The van der Waals surface area contributed by atoms with Crippen LogP contribution in [-0.2, 0) is 4.79 Å². The van der Waals surface area contributed by atoms with Crippen molar-refractivity contribution in [2.45, 2.75) is 26.7 Å². The number of hydrogen-bond donors (Lipinski definition) is 0. The molecule has 0 spiro atoms. The number of methoxy groups -OCH3 is 1. The summed E-state index contributed by atoms with van der Waals surface area (Å²) in [4.78, 5) is 16.2. The van der Waals surface area contributed by atoms with Gasteiger partial charge in [0.05, 0.1) is 12.8 Å². The fourth-order valence-electron chi connectivity index (χ4n) is 3.28. The fraction of sp³-hybridized carbons (Fsp3) is 0.273. The molecule has 1 aromatic heterocycles. The number of pyridine rings is 1. The maximum atomic E-state index is 14.1. The molecule has 0 bridgehead atoms. The van der Waals surface area contributed by atoms with Gasteiger partial charge in [0.25, 0.3) is 0 Å². The van der Waals surface area contributed by atoms with Crippen LogP contribution >= 0.6 is 0 Å². The third-order valence-electron chi connectivity index (χ3n) is 4.73. The maximum Gasteiger partial charge on any atom is 0.217 e. The molecule has 2 aromatic carbocycles. The lowest BCUT2D eigenvalue weighted by Crippen LogP contribution is -2.11. The molecular weight excluding hydrogens is 329 g/mol. The van der Waals surface area contributed by atoms with Crippen LogP contribution in [-0.4, -0.2) is 18.4 Å². The normalized spacial score (nSPS) is 12.4. The predicted octanol–water partition coefficient (Wildman–Crippen LogP) is 5.30. The van der Waals surface area contributed by atoms with Gasteiger partial charge >= 0.3 is 0 Å². The number of aldehydes is 1. The Labute approximate surface area is 152 Å². The molecule has 0 aliphatic rings. The Morgan fingerprint density at radius 2 is 1.92 bits per heavy atom. The van der Waals surface area contributed by atoms with Gasteiger partial charge in [0, 0.05) is 22.4 Å². The summed E-state index contributed by atoms with van der Waals surface area (Å²) in [5.74, 6) is 0.0407. The first kappa shape index (κ1) is 18.1. The van der Waals surface area contributed by atoms with E-state index in [1.807, 2.05) is 45.0 Å². The third-order valence-corrected chi connectivity index (χ3v) is 4.73. The van der Waals surface area contributed by atoms with Crippen molar-refractivity contribution in [2.24, 2.45) is 5.92 Å². The molecule has 0 amide bonds. The predicted molar refractivity (Wildman–Crippen MR) is 102 cm³/mol. The Morgan fingerprint density at radius 1 is 1.15 bits per heavy atom. The summed E-state index contributed by atoms with van der Waals surface area (Å²) in [7, 11) is 1.55. The number of fused-ring (bicyclic) bond motifs is 1. The number of aryl methyl sites for hydroxylation is 1. The van der Waals surface area contributed by atoms with Crippen molar-refractivity contribution in [3.8, 4) is 17.1 Å². The monoisotopic (exact) mass is 351 g/mol. The van der Waals surface area contributed by atoms with Gasteiger partial charge in [0.1, 0.15) is 12.1 Å². The van der Waals surface area contributed by atoms with Gasteiger partial charge in [0.2, 0.25) is 5.88 Å². The van der Waals surface area contributed by atoms with E-state index in [-0.39, 0.29) is 17.7 Å². The minimum Gasteiger partial charge on any atom is -0.481 e. The molecule has 0 saturated carbocycles. The SMILES string of the molecule is COc1nc(-c2ccc3cccc(F)c3c2)c(C)cc1C(C=O)C(C)C. The molecule has 0 radical (unpaired) electrons. The quantitative estimate of drug-likeness (QED) is 0.586. The van der Waals surface area contributed by atoms with Crippen molar-refractivity contribution in [3.63, 3.8) is 0 Å². The second kappa shape index (κ2) is 7.24. The summed E-state index contributed by atoms with van der Waals surface area (Å²) in [6, 6.07) is 12.6. The lowest BCUT2D eigenvalue weighted by Gasteiger charge is -2.19. The van der Waals surface area contributed by atoms with E-state index in [9.17, 15) is 9.18 Å². The minimum absolute atomic E-state index is 0.142. The zero-order chi connectivity index (χ0) is 18.8. The number of aromatic nitrogens is 1. The molecular formula is C22H22FNO2. The van der Waals surface area contributed by atoms with E-state index < -0.39 is 0 Å². The topological polar surface area (TPSA) is 39.2 Å². The molecule has 3 rings (SSSR count). The van der Waals surface area contributed by atoms with E-state index in [2.05, 4.69) is 4.98 Å². The lowest BCUT2D eigenvalue weighted by molar-refractivity contribution is -0.109. The van der Waals surface area contributed by atoms with E-state index in [1.54, 1.807) is 19.2 Å². The number of hydrogen-bond acceptors (Lipinski definition) is 3. The molecule has 0 saturated heterocycles. The van der Waals surface area contributed by atoms with E-state index in [1.165, 1.54) is 6.07 Å². The van der Waals surface area contributed by atoms with Crippen molar-refractivity contribution >= 4 is 17.1 Å². The van der Waals surface area contributed by atoms with Crippen LogP contribution in [0, 0.1) is 18.7 Å². The second-order valence-corrected chi connectivity index (χ2v) is 6.83. The molecule has 0 N–H and O–H groups in total. The number of halogens is 1. The van der Waals surface area contributed by atoms with Crippen LogP contribution in [0.5, 0.6) is 5.88 Å². The molecule has 134 valence electrons. The van der Waals surface area contributed by atoms with E-state index in [4.69, 9.17) is 4.74 Å². The number of ether oxygens (including phenoxy) is 1. The molecule has 0 aliphatic heterocycles. The highest BCUT2D eigenvalue weighted by molar-refractivity contribution is 5.87. The Kier molecular flexibility index (Phi) is 5.03. The second-order valence-electron chi connectivity index (χ2n) is 6.83. The average molecular weight is 351 g/mol. The van der Waals surface area contributed by atoms with Gasteiger partial charge in [-0.25, -0.2) is 9.37 Å². The molecule has 1 heterocycles. The molecule has 0 fully saturated rings. The first-order valence-corrected chi connectivity index (χ1v) is 8.65. The lowest BCUT2D eigenvalue weighted by atomic mass is 9.89. The highest BCUT2D eigenvalue weighted by atomic mass is 19.1. The summed E-state index contributed by atoms with van der Waals surface area (Å²) in [6.45, 7) is 5.93. The van der Waals surface area contributed by atoms with E-state index in [0.29, 0.717) is 11.3 Å². The summed E-state index contributed by atoms with van der Waals surface area (Å²) in [5, 5.41) is 1.40. The number of carbonyl (C=O) groups excluding carboxylic acids is 1. The van der Waals surface area contributed by atoms with Crippen LogP contribution in [0.2, 0.25) is 0 Å². The van der Waals surface area contributed by atoms with Gasteiger partial charge in [-0.15, -0.1) is 0 Å². The van der Waals surface area contributed by atoms with Crippen molar-refractivity contribution in [1.29, 1.82) is 0 Å². The Hall–Kier alpha value is -2.75. The number of carbonyl (C=O) groups is 1. The highest BCUT2D eigenvalue weighted by Gasteiger charge is 2.22. The average Bonchev–Trinajstić information content (AvgIpc) is 2.62.